The normalized spacial score (nSPS) is 11.6. The number of thioether (sulfide) groups is 1. The van der Waals surface area contributed by atoms with Crippen LogP contribution < -0.4 is 5.73 Å². The van der Waals surface area contributed by atoms with Crippen molar-refractivity contribution >= 4 is 29.2 Å². The second-order valence-corrected chi connectivity index (χ2v) is 5.41. The fourth-order valence-corrected chi connectivity index (χ4v) is 2.87. The summed E-state index contributed by atoms with van der Waals surface area (Å²) in [6, 6.07) is 12.2. The first-order chi connectivity index (χ1) is 9.63. The van der Waals surface area contributed by atoms with Gasteiger partial charge in [-0.05, 0) is 23.8 Å². The summed E-state index contributed by atoms with van der Waals surface area (Å²) in [5, 5.41) is 12.1. The predicted octanol–water partition coefficient (Wildman–Crippen LogP) is 3.87. The fourth-order valence-electron chi connectivity index (χ4n) is 1.66. The third-order valence-electron chi connectivity index (χ3n) is 2.68. The maximum Gasteiger partial charge on any atom is 0.173 e. The van der Waals surface area contributed by atoms with E-state index in [4.69, 9.17) is 22.5 Å². The van der Waals surface area contributed by atoms with E-state index in [1.807, 2.05) is 18.2 Å². The molecule has 0 aliphatic heterocycles. The quantitative estimate of drug-likeness (QED) is 0.296. The summed E-state index contributed by atoms with van der Waals surface area (Å²) in [5.74, 6) is -0.322. The second kappa shape index (κ2) is 6.63. The van der Waals surface area contributed by atoms with Crippen molar-refractivity contribution < 1.29 is 9.60 Å². The summed E-state index contributed by atoms with van der Waals surface area (Å²) >= 11 is 7.47. The number of nitrogens with zero attached hydrogens (tertiary/aromatic N) is 1. The molecule has 6 heteroatoms. The number of rotatable bonds is 4. The van der Waals surface area contributed by atoms with Crippen LogP contribution in [0.2, 0.25) is 5.02 Å². The van der Waals surface area contributed by atoms with E-state index in [9.17, 15) is 4.39 Å². The second-order valence-electron chi connectivity index (χ2n) is 3.98. The highest BCUT2D eigenvalue weighted by Gasteiger charge is 2.12. The number of halogens is 2. The van der Waals surface area contributed by atoms with Crippen LogP contribution in [0.5, 0.6) is 0 Å². The molecule has 2 aromatic rings. The third kappa shape index (κ3) is 3.23. The molecule has 0 unspecified atom stereocenters. The SMILES string of the molecule is N/C(=N/O)c1cccc(CSc2ccccc2Cl)c1F. The molecule has 0 spiro atoms. The lowest BCUT2D eigenvalue weighted by Gasteiger charge is -2.08. The molecule has 2 aromatic carbocycles. The van der Waals surface area contributed by atoms with E-state index in [2.05, 4.69) is 5.16 Å². The first-order valence-electron chi connectivity index (χ1n) is 5.76. The highest BCUT2D eigenvalue weighted by molar-refractivity contribution is 7.98. The van der Waals surface area contributed by atoms with E-state index in [0.29, 0.717) is 16.3 Å². The number of nitrogens with two attached hydrogens (primary N) is 1. The van der Waals surface area contributed by atoms with Gasteiger partial charge in [-0.25, -0.2) is 4.39 Å². The Balaban J connectivity index is 2.21. The van der Waals surface area contributed by atoms with Gasteiger partial charge in [0.15, 0.2) is 5.84 Å². The molecule has 0 amide bonds. The highest BCUT2D eigenvalue weighted by Crippen LogP contribution is 2.30. The van der Waals surface area contributed by atoms with Gasteiger partial charge in [0.2, 0.25) is 0 Å². The topological polar surface area (TPSA) is 58.6 Å². The minimum absolute atomic E-state index is 0.0877. The smallest absolute Gasteiger partial charge is 0.173 e. The Labute approximate surface area is 125 Å². The van der Waals surface area contributed by atoms with Gasteiger partial charge in [-0.3, -0.25) is 0 Å². The largest absolute Gasteiger partial charge is 0.409 e. The Morgan fingerprint density at radius 2 is 2.00 bits per heavy atom. The lowest BCUT2D eigenvalue weighted by Crippen LogP contribution is -2.15. The zero-order valence-electron chi connectivity index (χ0n) is 10.4. The molecule has 0 aliphatic rings. The Morgan fingerprint density at radius 3 is 2.70 bits per heavy atom. The number of oxime groups is 1. The van der Waals surface area contributed by atoms with Gasteiger partial charge in [0, 0.05) is 10.6 Å². The van der Waals surface area contributed by atoms with Gasteiger partial charge in [-0.15, -0.1) is 11.8 Å². The first kappa shape index (κ1) is 14.7. The molecule has 0 radical (unpaired) electrons. The van der Waals surface area contributed by atoms with Crippen molar-refractivity contribution in [3.8, 4) is 0 Å². The number of amidine groups is 1. The number of hydrogen-bond donors (Lipinski definition) is 2. The lowest BCUT2D eigenvalue weighted by molar-refractivity contribution is 0.318. The number of benzene rings is 2. The van der Waals surface area contributed by atoms with Crippen LogP contribution in [0.4, 0.5) is 4.39 Å². The summed E-state index contributed by atoms with van der Waals surface area (Å²) in [5.41, 5.74) is 5.99. The van der Waals surface area contributed by atoms with Crippen LogP contribution >= 0.6 is 23.4 Å². The predicted molar refractivity (Wildman–Crippen MR) is 79.9 cm³/mol. The van der Waals surface area contributed by atoms with E-state index in [1.54, 1.807) is 18.2 Å². The summed E-state index contributed by atoms with van der Waals surface area (Å²) in [6.07, 6.45) is 0. The molecule has 3 N–H and O–H groups in total. The monoisotopic (exact) mass is 310 g/mol. The summed E-state index contributed by atoms with van der Waals surface area (Å²) in [6.45, 7) is 0. The van der Waals surface area contributed by atoms with Crippen LogP contribution in [0.25, 0.3) is 0 Å². The van der Waals surface area contributed by atoms with Crippen molar-refractivity contribution in [2.75, 3.05) is 0 Å². The van der Waals surface area contributed by atoms with Gasteiger partial charge in [0.25, 0.3) is 0 Å². The van der Waals surface area contributed by atoms with Crippen molar-refractivity contribution in [1.29, 1.82) is 0 Å². The molecule has 0 aromatic heterocycles. The van der Waals surface area contributed by atoms with Crippen molar-refractivity contribution in [1.82, 2.24) is 0 Å². The molecule has 0 heterocycles. The summed E-state index contributed by atoms with van der Waals surface area (Å²) in [4.78, 5) is 0.878. The standard InChI is InChI=1S/C14H12ClFN2OS/c15-11-6-1-2-7-12(11)20-8-9-4-3-5-10(13(9)16)14(17)18-19/h1-7,19H,8H2,(H2,17,18). The van der Waals surface area contributed by atoms with Gasteiger partial charge < -0.3 is 10.9 Å². The van der Waals surface area contributed by atoms with Crippen molar-refractivity contribution in [3.05, 3.63) is 64.4 Å². The molecule has 0 fully saturated rings. The summed E-state index contributed by atoms with van der Waals surface area (Å²) in [7, 11) is 0. The Hall–Kier alpha value is -1.72. The van der Waals surface area contributed by atoms with Gasteiger partial charge in [0.05, 0.1) is 10.6 Å². The molecule has 0 saturated heterocycles. The van der Waals surface area contributed by atoms with Crippen molar-refractivity contribution in [3.63, 3.8) is 0 Å². The first-order valence-corrected chi connectivity index (χ1v) is 7.12. The van der Waals surface area contributed by atoms with Crippen molar-refractivity contribution in [2.45, 2.75) is 10.6 Å². The van der Waals surface area contributed by atoms with Crippen LogP contribution in [-0.4, -0.2) is 11.0 Å². The van der Waals surface area contributed by atoms with Crippen LogP contribution in [0, 0.1) is 5.82 Å². The molecular formula is C14H12ClFN2OS. The van der Waals surface area contributed by atoms with E-state index >= 15 is 0 Å². The van der Waals surface area contributed by atoms with Crippen molar-refractivity contribution in [2.24, 2.45) is 10.9 Å². The highest BCUT2D eigenvalue weighted by atomic mass is 35.5. The average molecular weight is 311 g/mol. The molecule has 0 saturated carbocycles. The Kier molecular flexibility index (Phi) is 4.87. The van der Waals surface area contributed by atoms with E-state index in [0.717, 1.165) is 4.90 Å². The minimum Gasteiger partial charge on any atom is -0.409 e. The molecule has 20 heavy (non-hydrogen) atoms. The Morgan fingerprint density at radius 1 is 1.25 bits per heavy atom. The minimum atomic E-state index is -0.484. The van der Waals surface area contributed by atoms with Gasteiger partial charge >= 0.3 is 0 Å². The number of hydrogen-bond acceptors (Lipinski definition) is 3. The zero-order valence-corrected chi connectivity index (χ0v) is 12.0. The van der Waals surface area contributed by atoms with Crippen LogP contribution in [0.15, 0.2) is 52.5 Å². The van der Waals surface area contributed by atoms with E-state index < -0.39 is 5.82 Å². The summed E-state index contributed by atoms with van der Waals surface area (Å²) < 4.78 is 14.2. The molecule has 0 bridgehead atoms. The molecule has 3 nitrogen and oxygen atoms in total. The van der Waals surface area contributed by atoms with Gasteiger partial charge in [0.1, 0.15) is 5.82 Å². The molecular weight excluding hydrogens is 299 g/mol. The maximum absolute atomic E-state index is 14.2. The lowest BCUT2D eigenvalue weighted by atomic mass is 10.1. The van der Waals surface area contributed by atoms with Gasteiger partial charge in [-0.1, -0.05) is 41.0 Å². The molecule has 104 valence electrons. The molecule has 0 aliphatic carbocycles. The fraction of sp³-hybridized carbons (Fsp3) is 0.0714. The van der Waals surface area contributed by atoms with Crippen LogP contribution in [-0.2, 0) is 5.75 Å². The van der Waals surface area contributed by atoms with E-state index in [1.165, 1.54) is 17.8 Å². The van der Waals surface area contributed by atoms with Gasteiger partial charge in [-0.2, -0.15) is 0 Å². The van der Waals surface area contributed by atoms with Crippen LogP contribution in [0.1, 0.15) is 11.1 Å². The molecule has 2 rings (SSSR count). The average Bonchev–Trinajstić information content (AvgIpc) is 2.47. The third-order valence-corrected chi connectivity index (χ3v) is 4.25. The molecule has 0 atom stereocenters. The van der Waals surface area contributed by atoms with Crippen LogP contribution in [0.3, 0.4) is 0 Å². The van der Waals surface area contributed by atoms with E-state index in [-0.39, 0.29) is 11.4 Å². The maximum atomic E-state index is 14.2. The Bertz CT molecular complexity index is 649. The zero-order chi connectivity index (χ0) is 14.5.